The number of hydrogen-bond donors (Lipinski definition) is 2. The van der Waals surface area contributed by atoms with Gasteiger partial charge >= 0.3 is 19.8 Å². The Morgan fingerprint density at radius 1 is 0.519 bits per heavy atom. The molecule has 2 N–H and O–H groups in total. The van der Waals surface area contributed by atoms with E-state index in [9.17, 15) is 14.2 Å². The third kappa shape index (κ3) is 40.0. The standard InChI is InChI=1S/C43H71O8P/c1-3-5-7-9-11-13-15-17-19-20-21-22-24-25-27-29-31-33-35-37-42(44)49-39-41(40-50-52(46,47)48)51-43(45)38-36-34-32-30-28-26-23-18-16-14-12-10-8-6-4-2/h5,7,11,13,17,19,21-22,25,27,31-34,41H,3-4,6,8-10,12,14-16,18,20,23-24,26,28-30,35-40H2,1-2H3,(H2,46,47,48)/b7-5+,13-11+,19-17+,22-21+,27-25+,33-31+,34-32+/t41-/m1/s1. The van der Waals surface area contributed by atoms with Gasteiger partial charge in [-0.15, -0.1) is 0 Å². The number of rotatable bonds is 35. The normalized spacial score (nSPS) is 13.4. The molecular weight excluding hydrogens is 675 g/mol. The SMILES string of the molecule is CC/C=C/C/C=C/C/C=C/C/C=C/C/C=C/C/C=C/CCC(=O)OC[C@H](COP(=O)(O)O)OC(=O)CC/C=C/CCCCCCCCCCCCC. The molecule has 0 amide bonds. The second-order valence-electron chi connectivity index (χ2n) is 12.9. The fourth-order valence-electron chi connectivity index (χ4n) is 5.00. The summed E-state index contributed by atoms with van der Waals surface area (Å²) < 4.78 is 26.2. The second-order valence-corrected chi connectivity index (χ2v) is 14.1. The summed E-state index contributed by atoms with van der Waals surface area (Å²) in [5, 5.41) is 0. The number of phosphoric ester groups is 1. The zero-order chi connectivity index (χ0) is 38.2. The first-order chi connectivity index (χ1) is 25.3. The van der Waals surface area contributed by atoms with Crippen LogP contribution in [0.2, 0.25) is 0 Å². The average Bonchev–Trinajstić information content (AvgIpc) is 3.11. The Labute approximate surface area is 316 Å². The second kappa shape index (κ2) is 38.0. The van der Waals surface area contributed by atoms with Crippen molar-refractivity contribution in [2.24, 2.45) is 0 Å². The van der Waals surface area contributed by atoms with Gasteiger partial charge in [0.15, 0.2) is 6.10 Å². The van der Waals surface area contributed by atoms with Crippen molar-refractivity contribution in [2.45, 2.75) is 161 Å². The van der Waals surface area contributed by atoms with E-state index in [4.69, 9.17) is 19.3 Å². The van der Waals surface area contributed by atoms with Crippen LogP contribution in [-0.2, 0) is 28.2 Å². The van der Waals surface area contributed by atoms with E-state index >= 15 is 0 Å². The van der Waals surface area contributed by atoms with Gasteiger partial charge in [0.25, 0.3) is 0 Å². The Morgan fingerprint density at radius 2 is 0.923 bits per heavy atom. The van der Waals surface area contributed by atoms with Gasteiger partial charge in [0, 0.05) is 12.8 Å². The highest BCUT2D eigenvalue weighted by atomic mass is 31.2. The first-order valence-corrected chi connectivity index (χ1v) is 21.4. The molecule has 0 unspecified atom stereocenters. The number of esters is 2. The zero-order valence-corrected chi connectivity index (χ0v) is 33.3. The van der Waals surface area contributed by atoms with Crippen LogP contribution in [0.5, 0.6) is 0 Å². The lowest BCUT2D eigenvalue weighted by Crippen LogP contribution is -2.29. The first kappa shape index (κ1) is 49.2. The Morgan fingerprint density at radius 3 is 1.40 bits per heavy atom. The lowest BCUT2D eigenvalue weighted by molar-refractivity contribution is -0.161. The Hall–Kier alpha value is -2.77. The van der Waals surface area contributed by atoms with E-state index in [-0.39, 0.29) is 19.4 Å². The van der Waals surface area contributed by atoms with Crippen LogP contribution in [0.4, 0.5) is 0 Å². The summed E-state index contributed by atoms with van der Waals surface area (Å²) in [5.41, 5.74) is 0. The molecule has 0 fully saturated rings. The quantitative estimate of drug-likeness (QED) is 0.0285. The molecule has 8 nitrogen and oxygen atoms in total. The van der Waals surface area contributed by atoms with Gasteiger partial charge in [-0.25, -0.2) is 4.57 Å². The number of carbonyl (C=O) groups excluding carboxylic acids is 2. The van der Waals surface area contributed by atoms with Crippen molar-refractivity contribution in [2.75, 3.05) is 13.2 Å². The van der Waals surface area contributed by atoms with Crippen molar-refractivity contribution in [3.05, 3.63) is 85.1 Å². The molecule has 0 aliphatic carbocycles. The number of allylic oxidation sites excluding steroid dienone is 14. The van der Waals surface area contributed by atoms with Crippen LogP contribution in [0.15, 0.2) is 85.1 Å². The van der Waals surface area contributed by atoms with Gasteiger partial charge in [0.2, 0.25) is 0 Å². The Balaban J connectivity index is 4.13. The molecule has 9 heteroatoms. The van der Waals surface area contributed by atoms with Crippen molar-refractivity contribution >= 4 is 19.8 Å². The summed E-state index contributed by atoms with van der Waals surface area (Å²) in [6, 6.07) is 0. The smallest absolute Gasteiger partial charge is 0.462 e. The zero-order valence-electron chi connectivity index (χ0n) is 32.4. The summed E-state index contributed by atoms with van der Waals surface area (Å²) in [6.45, 7) is 3.46. The number of ether oxygens (including phenoxy) is 2. The van der Waals surface area contributed by atoms with Gasteiger partial charge < -0.3 is 19.3 Å². The lowest BCUT2D eigenvalue weighted by atomic mass is 10.1. The van der Waals surface area contributed by atoms with Crippen LogP contribution in [0.1, 0.15) is 155 Å². The van der Waals surface area contributed by atoms with Crippen molar-refractivity contribution in [3.8, 4) is 0 Å². The Kier molecular flexibility index (Phi) is 35.9. The maximum absolute atomic E-state index is 12.3. The summed E-state index contributed by atoms with van der Waals surface area (Å²) in [6.07, 6.45) is 50.4. The van der Waals surface area contributed by atoms with Crippen LogP contribution < -0.4 is 0 Å². The number of unbranched alkanes of at least 4 members (excludes halogenated alkanes) is 11. The molecule has 0 aromatic carbocycles. The van der Waals surface area contributed by atoms with Crippen LogP contribution in [-0.4, -0.2) is 41.0 Å². The van der Waals surface area contributed by atoms with Gasteiger partial charge in [-0.3, -0.25) is 14.1 Å². The average molecular weight is 747 g/mol. The minimum Gasteiger partial charge on any atom is -0.462 e. The molecule has 0 aliphatic heterocycles. The molecule has 0 aromatic heterocycles. The van der Waals surface area contributed by atoms with Crippen LogP contribution in [0.3, 0.4) is 0 Å². The fourth-order valence-corrected chi connectivity index (χ4v) is 5.36. The summed E-state index contributed by atoms with van der Waals surface area (Å²) >= 11 is 0. The van der Waals surface area contributed by atoms with Crippen molar-refractivity contribution in [1.82, 2.24) is 0 Å². The highest BCUT2D eigenvalue weighted by Crippen LogP contribution is 2.35. The van der Waals surface area contributed by atoms with E-state index < -0.39 is 32.5 Å². The predicted octanol–water partition coefficient (Wildman–Crippen LogP) is 12.1. The van der Waals surface area contributed by atoms with Crippen molar-refractivity contribution < 1.29 is 37.9 Å². The molecule has 1 atom stereocenters. The summed E-state index contributed by atoms with van der Waals surface area (Å²) in [7, 11) is -4.78. The molecule has 0 spiro atoms. The summed E-state index contributed by atoms with van der Waals surface area (Å²) in [5.74, 6) is -1.05. The number of hydrogen-bond acceptors (Lipinski definition) is 6. The Bertz CT molecular complexity index is 1110. The number of carbonyl (C=O) groups is 2. The van der Waals surface area contributed by atoms with Crippen LogP contribution in [0, 0.1) is 0 Å². The van der Waals surface area contributed by atoms with E-state index in [0.29, 0.717) is 12.8 Å². The molecule has 0 rings (SSSR count). The van der Waals surface area contributed by atoms with Crippen molar-refractivity contribution in [1.29, 1.82) is 0 Å². The van der Waals surface area contributed by atoms with E-state index in [0.717, 1.165) is 51.4 Å². The minimum absolute atomic E-state index is 0.109. The van der Waals surface area contributed by atoms with E-state index in [2.05, 4.69) is 85.2 Å². The van der Waals surface area contributed by atoms with Crippen LogP contribution in [0.25, 0.3) is 0 Å². The van der Waals surface area contributed by atoms with Gasteiger partial charge in [-0.05, 0) is 64.2 Å². The van der Waals surface area contributed by atoms with Gasteiger partial charge in [-0.2, -0.15) is 0 Å². The molecular formula is C43H71O8P. The topological polar surface area (TPSA) is 119 Å². The molecule has 0 aromatic rings. The van der Waals surface area contributed by atoms with Gasteiger partial charge in [0.05, 0.1) is 6.61 Å². The molecule has 0 bridgehead atoms. The molecule has 0 saturated heterocycles. The molecule has 0 aliphatic rings. The van der Waals surface area contributed by atoms with Crippen LogP contribution >= 0.6 is 7.82 Å². The molecule has 0 saturated carbocycles. The predicted molar refractivity (Wildman–Crippen MR) is 216 cm³/mol. The van der Waals surface area contributed by atoms with E-state index in [1.54, 1.807) is 0 Å². The third-order valence-corrected chi connectivity index (χ3v) is 8.41. The fraction of sp³-hybridized carbons (Fsp3) is 0.628. The highest BCUT2D eigenvalue weighted by molar-refractivity contribution is 7.46. The molecule has 0 radical (unpaired) electrons. The molecule has 52 heavy (non-hydrogen) atoms. The largest absolute Gasteiger partial charge is 0.469 e. The maximum Gasteiger partial charge on any atom is 0.469 e. The van der Waals surface area contributed by atoms with Gasteiger partial charge in [0.1, 0.15) is 6.61 Å². The number of phosphoric acid groups is 1. The summed E-state index contributed by atoms with van der Waals surface area (Å²) in [4.78, 5) is 42.7. The highest BCUT2D eigenvalue weighted by Gasteiger charge is 2.22. The van der Waals surface area contributed by atoms with E-state index in [1.807, 2.05) is 18.2 Å². The maximum atomic E-state index is 12.3. The first-order valence-electron chi connectivity index (χ1n) is 19.9. The lowest BCUT2D eigenvalue weighted by Gasteiger charge is -2.18. The van der Waals surface area contributed by atoms with E-state index in [1.165, 1.54) is 64.2 Å². The molecule has 296 valence electrons. The minimum atomic E-state index is -4.78. The molecule has 0 heterocycles. The van der Waals surface area contributed by atoms with Gasteiger partial charge in [-0.1, -0.05) is 163 Å². The monoisotopic (exact) mass is 746 g/mol. The third-order valence-electron chi connectivity index (χ3n) is 7.92. The van der Waals surface area contributed by atoms with Crippen molar-refractivity contribution in [3.63, 3.8) is 0 Å².